The van der Waals surface area contributed by atoms with Crippen LogP contribution in [0.4, 0.5) is 0 Å². The molecule has 4 radical (unpaired) electrons. The molecule has 1 aromatic rings. The van der Waals surface area contributed by atoms with E-state index in [0.717, 1.165) is 11.1 Å². The molecule has 1 aromatic heterocycles. The molecule has 4 heteroatoms. The Hall–Kier alpha value is -1.31. The molecular weight excluding hydrogens is 208 g/mol. The van der Waals surface area contributed by atoms with Gasteiger partial charge in [-0.15, -0.1) is 0 Å². The fourth-order valence-corrected chi connectivity index (χ4v) is 1.80. The minimum atomic E-state index is -0.0814. The summed E-state index contributed by atoms with van der Waals surface area (Å²) in [6.45, 7) is 9.33. The molecule has 0 aliphatic carbocycles. The summed E-state index contributed by atoms with van der Waals surface area (Å²) < 4.78 is 0. The predicted octanol–water partition coefficient (Wildman–Crippen LogP) is 0.399. The van der Waals surface area contributed by atoms with E-state index in [1.165, 1.54) is 6.08 Å². The van der Waals surface area contributed by atoms with Crippen LogP contribution in [0.1, 0.15) is 36.6 Å². The van der Waals surface area contributed by atoms with Gasteiger partial charge >= 0.3 is 0 Å². The second-order valence-electron chi connectivity index (χ2n) is 4.40. The number of rotatable bonds is 4. The van der Waals surface area contributed by atoms with Gasteiger partial charge in [0.25, 0.3) is 0 Å². The highest BCUT2D eigenvalue weighted by Crippen LogP contribution is 2.16. The summed E-state index contributed by atoms with van der Waals surface area (Å²) >= 11 is 0. The van der Waals surface area contributed by atoms with Crippen LogP contribution in [0.5, 0.6) is 0 Å². The molecule has 0 aliphatic rings. The largest absolute Gasteiger partial charge is 0.294 e. The van der Waals surface area contributed by atoms with Crippen molar-refractivity contribution in [2.45, 2.75) is 33.1 Å². The average molecular weight is 223 g/mol. The molecule has 0 fully saturated rings. The lowest BCUT2D eigenvalue weighted by Gasteiger charge is -2.19. The van der Waals surface area contributed by atoms with E-state index < -0.39 is 0 Å². The van der Waals surface area contributed by atoms with Crippen molar-refractivity contribution in [3.8, 4) is 0 Å². The second kappa shape index (κ2) is 5.35. The fourth-order valence-electron chi connectivity index (χ4n) is 1.80. The quantitative estimate of drug-likeness (QED) is 0.546. The summed E-state index contributed by atoms with van der Waals surface area (Å²) in [6.07, 6.45) is 1.49. The van der Waals surface area contributed by atoms with Gasteiger partial charge in [-0.1, -0.05) is 25.9 Å². The summed E-state index contributed by atoms with van der Waals surface area (Å²) in [4.78, 5) is 15.7. The molecule has 0 N–H and O–H groups in total. The van der Waals surface area contributed by atoms with E-state index in [1.54, 1.807) is 0 Å². The third kappa shape index (κ3) is 2.87. The molecule has 1 heterocycles. The summed E-state index contributed by atoms with van der Waals surface area (Å²) in [6, 6.07) is 0. The van der Waals surface area contributed by atoms with E-state index in [-0.39, 0.29) is 18.1 Å². The lowest BCUT2D eigenvalue weighted by Crippen LogP contribution is -2.30. The Morgan fingerprint density at radius 3 is 2.53 bits per heavy atom. The van der Waals surface area contributed by atoms with Crippen molar-refractivity contribution in [1.29, 1.82) is 0 Å². The first kappa shape index (κ1) is 13.8. The van der Waals surface area contributed by atoms with Gasteiger partial charge in [-0.3, -0.25) is 9.78 Å². The molecule has 0 saturated carbocycles. The Morgan fingerprint density at radius 1 is 1.47 bits per heavy atom. The molecule has 1 rings (SSSR count). The van der Waals surface area contributed by atoms with Crippen molar-refractivity contribution in [2.75, 3.05) is 0 Å². The minimum absolute atomic E-state index is 0.0814. The summed E-state index contributed by atoms with van der Waals surface area (Å²) in [5.41, 5.74) is 3.37. The lowest BCUT2D eigenvalue weighted by atomic mass is 9.77. The molecule has 0 bridgehead atoms. The monoisotopic (exact) mass is 223 g/mol. The van der Waals surface area contributed by atoms with E-state index in [2.05, 4.69) is 11.6 Å². The smallest absolute Gasteiger partial charge is 0.161 e. The highest BCUT2D eigenvalue weighted by molar-refractivity contribution is 6.39. The van der Waals surface area contributed by atoms with Crippen LogP contribution < -0.4 is 11.1 Å². The van der Waals surface area contributed by atoms with Gasteiger partial charge in [0.1, 0.15) is 15.7 Å². The van der Waals surface area contributed by atoms with E-state index in [1.807, 2.05) is 20.8 Å². The first-order chi connectivity index (χ1) is 7.88. The van der Waals surface area contributed by atoms with Crippen molar-refractivity contribution in [1.82, 2.24) is 4.98 Å². The second-order valence-corrected chi connectivity index (χ2v) is 4.40. The molecule has 0 aliphatic heterocycles. The number of ketones is 1. The van der Waals surface area contributed by atoms with Crippen LogP contribution in [-0.2, 0) is 11.2 Å². The number of hydrogen-bond donors (Lipinski definition) is 0. The number of hydrogen-bond acceptors (Lipinski definition) is 2. The molecule has 2 nitrogen and oxygen atoms in total. The number of aromatic nitrogens is 1. The van der Waals surface area contributed by atoms with Crippen molar-refractivity contribution in [3.63, 3.8) is 0 Å². The minimum Gasteiger partial charge on any atom is -0.294 e. The van der Waals surface area contributed by atoms with Crippen LogP contribution in [0, 0.1) is 6.92 Å². The van der Waals surface area contributed by atoms with Crippen LogP contribution in [-0.4, -0.2) is 26.5 Å². The number of carbonyl (C=O) groups is 1. The fraction of sp³-hybridized carbons (Fsp3) is 0.385. The highest BCUT2D eigenvalue weighted by atomic mass is 16.1. The number of allylic oxidation sites excluding steroid dienone is 1. The van der Waals surface area contributed by atoms with Gasteiger partial charge in [0.15, 0.2) is 5.78 Å². The average Bonchev–Trinajstić information content (AvgIpc) is 2.25. The summed E-state index contributed by atoms with van der Waals surface area (Å²) in [5.74, 6) is 0.122. The SMILES string of the molecule is [B]c1nc(CC(=O)C=C)c(C(C)C)c([B])c1C. The van der Waals surface area contributed by atoms with Crippen molar-refractivity contribution >= 4 is 32.5 Å². The molecule has 0 unspecified atom stereocenters. The molecule has 0 amide bonds. The van der Waals surface area contributed by atoms with Crippen LogP contribution in [0.15, 0.2) is 12.7 Å². The van der Waals surface area contributed by atoms with Crippen molar-refractivity contribution in [3.05, 3.63) is 29.5 Å². The Morgan fingerprint density at radius 2 is 2.06 bits per heavy atom. The zero-order valence-corrected chi connectivity index (χ0v) is 10.6. The van der Waals surface area contributed by atoms with Crippen LogP contribution in [0.3, 0.4) is 0 Å². The number of carbonyl (C=O) groups excluding carboxylic acids is 1. The van der Waals surface area contributed by atoms with Crippen LogP contribution >= 0.6 is 0 Å². The van der Waals surface area contributed by atoms with E-state index in [4.69, 9.17) is 15.7 Å². The lowest BCUT2D eigenvalue weighted by molar-refractivity contribution is -0.114. The van der Waals surface area contributed by atoms with Gasteiger partial charge in [0.2, 0.25) is 0 Å². The Kier molecular flexibility index (Phi) is 4.33. The third-order valence-electron chi connectivity index (χ3n) is 2.79. The topological polar surface area (TPSA) is 30.0 Å². The number of pyridine rings is 1. The predicted molar refractivity (Wildman–Crippen MR) is 72.7 cm³/mol. The standard InChI is InChI=1S/C13H15B2NO/c1-5-9(17)6-10-11(7(2)3)12(14)8(4)13(15)16-10/h5,7H,1,6H2,2-4H3. The third-order valence-corrected chi connectivity index (χ3v) is 2.79. The van der Waals surface area contributed by atoms with Crippen LogP contribution in [0.25, 0.3) is 0 Å². The molecule has 0 saturated heterocycles. The Bertz CT molecular complexity index is 467. The van der Waals surface area contributed by atoms with Gasteiger partial charge in [-0.25, -0.2) is 0 Å². The van der Waals surface area contributed by atoms with E-state index in [0.29, 0.717) is 16.8 Å². The molecule has 17 heavy (non-hydrogen) atoms. The Balaban J connectivity index is 3.37. The molecule has 0 aromatic carbocycles. The summed E-state index contributed by atoms with van der Waals surface area (Å²) in [5, 5.41) is 0. The zero-order chi connectivity index (χ0) is 13.2. The van der Waals surface area contributed by atoms with E-state index >= 15 is 0 Å². The molecule has 0 atom stereocenters. The molecule has 84 valence electrons. The maximum atomic E-state index is 11.4. The zero-order valence-electron chi connectivity index (χ0n) is 10.6. The highest BCUT2D eigenvalue weighted by Gasteiger charge is 2.15. The van der Waals surface area contributed by atoms with Crippen molar-refractivity contribution < 1.29 is 4.79 Å². The van der Waals surface area contributed by atoms with Gasteiger partial charge in [0, 0.05) is 0 Å². The molecule has 0 spiro atoms. The molecular formula is C13H15B2NO. The normalized spacial score (nSPS) is 10.6. The van der Waals surface area contributed by atoms with Gasteiger partial charge < -0.3 is 0 Å². The van der Waals surface area contributed by atoms with Crippen molar-refractivity contribution in [2.24, 2.45) is 0 Å². The first-order valence-electron chi connectivity index (χ1n) is 5.58. The van der Waals surface area contributed by atoms with E-state index in [9.17, 15) is 4.79 Å². The summed E-state index contributed by atoms with van der Waals surface area (Å²) in [7, 11) is 11.8. The van der Waals surface area contributed by atoms with Gasteiger partial charge in [-0.05, 0) is 35.6 Å². The first-order valence-corrected chi connectivity index (χ1v) is 5.58. The number of nitrogens with zero attached hydrogens (tertiary/aromatic N) is 1. The maximum Gasteiger partial charge on any atom is 0.161 e. The van der Waals surface area contributed by atoms with Gasteiger partial charge in [0.05, 0.1) is 12.1 Å². The van der Waals surface area contributed by atoms with Crippen LogP contribution in [0.2, 0.25) is 0 Å². The maximum absolute atomic E-state index is 11.4. The Labute approximate surface area is 105 Å². The van der Waals surface area contributed by atoms with Gasteiger partial charge in [-0.2, -0.15) is 0 Å².